The number of rotatable bonds is 9. The van der Waals surface area contributed by atoms with Crippen LogP contribution in [-0.2, 0) is 14.3 Å². The molecule has 2 N–H and O–H groups in total. The van der Waals surface area contributed by atoms with Gasteiger partial charge in [0.15, 0.2) is 0 Å². The van der Waals surface area contributed by atoms with Gasteiger partial charge in [0.05, 0.1) is 35.9 Å². The summed E-state index contributed by atoms with van der Waals surface area (Å²) in [6.07, 6.45) is 8.91. The molecule has 2 amide bonds. The van der Waals surface area contributed by atoms with Crippen molar-refractivity contribution in [1.82, 2.24) is 34.6 Å². The Balaban J connectivity index is 0.930. The van der Waals surface area contributed by atoms with E-state index >= 15 is 0 Å². The molecule has 8 rings (SSSR count). The van der Waals surface area contributed by atoms with Crippen molar-refractivity contribution in [2.75, 3.05) is 33.8 Å². The fourth-order valence-electron chi connectivity index (χ4n) is 8.03. The second-order valence-corrected chi connectivity index (χ2v) is 14.2. The number of ether oxygens (including phenoxy) is 1. The van der Waals surface area contributed by atoms with Crippen LogP contribution < -0.4 is 0 Å². The highest BCUT2D eigenvalue weighted by Crippen LogP contribution is 2.36. The zero-order valence-corrected chi connectivity index (χ0v) is 29.3. The Kier molecular flexibility index (Phi) is 9.27. The SMILES string of the molecule is CN(C)[C@@H](C(=O)N1CCC[C@H]1c1ncc(-c2ccc(-c3ccc(-c4cnc([C@@H]5CCCN5C(=O)[C@@H]5CCCO5)[nH]4)cc3)cc2)[nH]1)c1ccccc1. The van der Waals surface area contributed by atoms with Gasteiger partial charge in [-0.05, 0) is 80.4 Å². The molecule has 3 aliphatic rings. The monoisotopic (exact) mass is 683 g/mol. The van der Waals surface area contributed by atoms with Gasteiger partial charge in [0.1, 0.15) is 23.8 Å². The van der Waals surface area contributed by atoms with Crippen molar-refractivity contribution in [3.63, 3.8) is 0 Å². The number of H-pyrrole nitrogens is 2. The van der Waals surface area contributed by atoms with Crippen LogP contribution in [0.25, 0.3) is 33.6 Å². The number of benzene rings is 3. The standard InChI is InChI=1S/C41H45N7O3/c1-46(2)37(31-9-4-3-5-10-31)41(50)48-23-7-12-35(48)39-43-26-33(45-39)30-20-16-28(17-21-30)27-14-18-29(19-15-27)32-25-42-38(44-32)34-11-6-22-47(34)40(49)36-13-8-24-51-36/h3-5,9-10,14-21,25-26,34-37H,6-8,11-13,22-24H2,1-2H3,(H,42,44)(H,43,45)/t34-,35-,36-,37+/m0/s1. The molecule has 0 unspecified atom stereocenters. The summed E-state index contributed by atoms with van der Waals surface area (Å²) in [6, 6.07) is 26.5. The minimum atomic E-state index is -0.337. The summed E-state index contributed by atoms with van der Waals surface area (Å²) in [7, 11) is 3.92. The van der Waals surface area contributed by atoms with Gasteiger partial charge < -0.3 is 24.5 Å². The quantitative estimate of drug-likeness (QED) is 0.174. The van der Waals surface area contributed by atoms with Gasteiger partial charge in [0, 0.05) is 19.7 Å². The van der Waals surface area contributed by atoms with Gasteiger partial charge in [-0.1, -0.05) is 78.9 Å². The van der Waals surface area contributed by atoms with Crippen molar-refractivity contribution in [3.05, 3.63) is 108 Å². The summed E-state index contributed by atoms with van der Waals surface area (Å²) in [5.74, 6) is 1.88. The van der Waals surface area contributed by atoms with E-state index in [2.05, 4.69) is 58.5 Å². The van der Waals surface area contributed by atoms with Gasteiger partial charge in [0.2, 0.25) is 5.91 Å². The first kappa shape index (κ1) is 33.1. The number of amides is 2. The van der Waals surface area contributed by atoms with E-state index in [4.69, 9.17) is 14.7 Å². The molecule has 3 fully saturated rings. The maximum absolute atomic E-state index is 13.9. The Morgan fingerprint density at radius 2 is 1.24 bits per heavy atom. The Hall–Kier alpha value is -5.06. The highest BCUT2D eigenvalue weighted by atomic mass is 16.5. The van der Waals surface area contributed by atoms with E-state index in [1.165, 1.54) is 0 Å². The molecule has 5 heterocycles. The number of hydrogen-bond acceptors (Lipinski definition) is 6. The van der Waals surface area contributed by atoms with E-state index in [1.807, 2.05) is 71.5 Å². The highest BCUT2D eigenvalue weighted by molar-refractivity contribution is 5.84. The topological polar surface area (TPSA) is 110 Å². The van der Waals surface area contributed by atoms with Gasteiger partial charge in [-0.15, -0.1) is 0 Å². The lowest BCUT2D eigenvalue weighted by molar-refractivity contribution is -0.142. The number of hydrogen-bond donors (Lipinski definition) is 2. The van der Waals surface area contributed by atoms with Gasteiger partial charge in [-0.3, -0.25) is 14.5 Å². The molecule has 0 saturated carbocycles. The molecule has 10 heteroatoms. The van der Waals surface area contributed by atoms with Crippen LogP contribution in [0.4, 0.5) is 0 Å². The predicted molar refractivity (Wildman–Crippen MR) is 196 cm³/mol. The average Bonchev–Trinajstić information content (AvgIpc) is 4.01. The minimum absolute atomic E-state index is 0.0335. The van der Waals surface area contributed by atoms with Gasteiger partial charge in [-0.25, -0.2) is 9.97 Å². The molecule has 2 aromatic heterocycles. The maximum Gasteiger partial charge on any atom is 0.252 e. The molecule has 262 valence electrons. The van der Waals surface area contributed by atoms with Crippen molar-refractivity contribution in [3.8, 4) is 33.6 Å². The number of imidazole rings is 2. The zero-order chi connectivity index (χ0) is 34.9. The molecule has 0 aliphatic carbocycles. The summed E-state index contributed by atoms with van der Waals surface area (Å²) in [6.45, 7) is 2.14. The smallest absolute Gasteiger partial charge is 0.252 e. The molecule has 5 aromatic rings. The fourth-order valence-corrected chi connectivity index (χ4v) is 8.03. The molecule has 3 aromatic carbocycles. The number of carbonyl (C=O) groups excluding carboxylic acids is 2. The van der Waals surface area contributed by atoms with E-state index in [1.54, 1.807) is 0 Å². The number of aromatic amines is 2. The van der Waals surface area contributed by atoms with Crippen LogP contribution in [-0.4, -0.2) is 86.3 Å². The van der Waals surface area contributed by atoms with Crippen molar-refractivity contribution in [2.45, 2.75) is 62.8 Å². The van der Waals surface area contributed by atoms with E-state index in [0.717, 1.165) is 102 Å². The normalized spacial score (nSPS) is 21.1. The van der Waals surface area contributed by atoms with Crippen molar-refractivity contribution >= 4 is 11.8 Å². The first-order valence-electron chi connectivity index (χ1n) is 18.2. The number of aromatic nitrogens is 4. The molecule has 3 aliphatic heterocycles. The molecular formula is C41H45N7O3. The number of nitrogens with zero attached hydrogens (tertiary/aromatic N) is 5. The molecule has 0 bridgehead atoms. The fraction of sp³-hybridized carbons (Fsp3) is 0.366. The van der Waals surface area contributed by atoms with E-state index in [-0.39, 0.29) is 36.0 Å². The predicted octanol–water partition coefficient (Wildman–Crippen LogP) is 6.94. The third kappa shape index (κ3) is 6.61. The van der Waals surface area contributed by atoms with Crippen molar-refractivity contribution in [1.29, 1.82) is 0 Å². The molecule has 10 nitrogen and oxygen atoms in total. The number of nitrogens with one attached hydrogen (secondary N) is 2. The third-order valence-electron chi connectivity index (χ3n) is 10.7. The molecular weight excluding hydrogens is 638 g/mol. The highest BCUT2D eigenvalue weighted by Gasteiger charge is 2.38. The summed E-state index contributed by atoms with van der Waals surface area (Å²) in [5, 5.41) is 0. The van der Waals surface area contributed by atoms with Crippen LogP contribution >= 0.6 is 0 Å². The first-order chi connectivity index (χ1) is 24.9. The van der Waals surface area contributed by atoms with Crippen LogP contribution in [0, 0.1) is 0 Å². The van der Waals surface area contributed by atoms with E-state index in [0.29, 0.717) is 6.61 Å². The summed E-state index contributed by atoms with van der Waals surface area (Å²) in [5.41, 5.74) is 7.21. The maximum atomic E-state index is 13.9. The summed E-state index contributed by atoms with van der Waals surface area (Å²) >= 11 is 0. The van der Waals surface area contributed by atoms with Crippen molar-refractivity contribution < 1.29 is 14.3 Å². The Bertz CT molecular complexity index is 1960. The van der Waals surface area contributed by atoms with E-state index in [9.17, 15) is 9.59 Å². The lowest BCUT2D eigenvalue weighted by atomic mass is 10.0. The Morgan fingerprint density at radius 1 is 0.706 bits per heavy atom. The largest absolute Gasteiger partial charge is 0.368 e. The second-order valence-electron chi connectivity index (χ2n) is 14.2. The molecule has 4 atom stereocenters. The molecule has 0 radical (unpaired) electrons. The summed E-state index contributed by atoms with van der Waals surface area (Å²) in [4.78, 5) is 49.4. The lowest BCUT2D eigenvalue weighted by Crippen LogP contribution is -2.40. The van der Waals surface area contributed by atoms with Crippen LogP contribution in [0.15, 0.2) is 91.3 Å². The van der Waals surface area contributed by atoms with Crippen LogP contribution in [0.1, 0.15) is 73.9 Å². The number of likely N-dealkylation sites (N-methyl/N-ethyl adjacent to an activating group) is 1. The average molecular weight is 684 g/mol. The van der Waals surface area contributed by atoms with Crippen LogP contribution in [0.3, 0.4) is 0 Å². The van der Waals surface area contributed by atoms with Crippen LogP contribution in [0.5, 0.6) is 0 Å². The Morgan fingerprint density at radius 3 is 1.76 bits per heavy atom. The Labute approximate surface area is 298 Å². The van der Waals surface area contributed by atoms with Gasteiger partial charge in [-0.2, -0.15) is 0 Å². The second kappa shape index (κ2) is 14.3. The van der Waals surface area contributed by atoms with E-state index < -0.39 is 0 Å². The lowest BCUT2D eigenvalue weighted by Gasteiger charge is -2.31. The third-order valence-corrected chi connectivity index (χ3v) is 10.7. The van der Waals surface area contributed by atoms with Gasteiger partial charge in [0.25, 0.3) is 5.91 Å². The first-order valence-corrected chi connectivity index (χ1v) is 18.2. The number of likely N-dealkylation sites (tertiary alicyclic amines) is 2. The number of carbonyl (C=O) groups is 2. The molecule has 51 heavy (non-hydrogen) atoms. The zero-order valence-electron chi connectivity index (χ0n) is 29.3. The van der Waals surface area contributed by atoms with Crippen molar-refractivity contribution in [2.24, 2.45) is 0 Å². The summed E-state index contributed by atoms with van der Waals surface area (Å²) < 4.78 is 5.68. The minimum Gasteiger partial charge on any atom is -0.368 e. The van der Waals surface area contributed by atoms with Gasteiger partial charge >= 0.3 is 0 Å². The van der Waals surface area contributed by atoms with Crippen LogP contribution in [0.2, 0.25) is 0 Å². The molecule has 3 saturated heterocycles. The molecule has 0 spiro atoms.